The molecule has 0 bridgehead atoms. The number of carbonyl (C=O) groups is 1. The zero-order valence-corrected chi connectivity index (χ0v) is 13.4. The molecule has 0 aliphatic rings. The van der Waals surface area contributed by atoms with Gasteiger partial charge in [-0.15, -0.1) is 0 Å². The summed E-state index contributed by atoms with van der Waals surface area (Å²) in [5.74, 6) is 1.63. The quantitative estimate of drug-likeness (QED) is 0.747. The van der Waals surface area contributed by atoms with Crippen LogP contribution in [-0.4, -0.2) is 32.3 Å². The van der Waals surface area contributed by atoms with Gasteiger partial charge in [0.25, 0.3) is 5.91 Å². The first kappa shape index (κ1) is 15.9. The van der Waals surface area contributed by atoms with Crippen LogP contribution in [0.4, 0.5) is 0 Å². The van der Waals surface area contributed by atoms with Gasteiger partial charge in [-0.25, -0.2) is 9.67 Å². The number of hydrogen-bond acceptors (Lipinski definition) is 5. The molecule has 1 unspecified atom stereocenters. The van der Waals surface area contributed by atoms with E-state index in [1.807, 2.05) is 13.8 Å². The normalized spacial score (nSPS) is 12.1. The Kier molecular flexibility index (Phi) is 4.43. The number of amides is 1. The number of rotatable bonds is 5. The Morgan fingerprint density at radius 3 is 2.62 bits per heavy atom. The van der Waals surface area contributed by atoms with Gasteiger partial charge in [-0.05, 0) is 50.2 Å². The van der Waals surface area contributed by atoms with Crippen LogP contribution in [0.5, 0.6) is 0 Å². The third-order valence-corrected chi connectivity index (χ3v) is 3.58. The van der Waals surface area contributed by atoms with Crippen molar-refractivity contribution in [1.82, 2.24) is 20.1 Å². The number of aliphatic hydroxyl groups is 1. The highest BCUT2D eigenvalue weighted by Gasteiger charge is 2.13. The van der Waals surface area contributed by atoms with Crippen LogP contribution in [0.15, 0.2) is 47.1 Å². The fraction of sp³-hybridized carbons (Fsp3) is 0.235. The number of nitrogens with one attached hydrogen (secondary N) is 1. The van der Waals surface area contributed by atoms with E-state index in [-0.39, 0.29) is 12.5 Å². The SMILES string of the molecule is Cc1nc(C)n(-c2ccc(C(=O)NCC(O)c3ccco3)cc2)n1. The van der Waals surface area contributed by atoms with Crippen molar-refractivity contribution in [2.24, 2.45) is 0 Å². The average molecular weight is 326 g/mol. The van der Waals surface area contributed by atoms with Crippen LogP contribution >= 0.6 is 0 Å². The first-order valence-corrected chi connectivity index (χ1v) is 7.55. The number of aromatic nitrogens is 3. The minimum atomic E-state index is -0.871. The van der Waals surface area contributed by atoms with E-state index in [1.165, 1.54) is 6.26 Å². The fourth-order valence-corrected chi connectivity index (χ4v) is 2.39. The summed E-state index contributed by atoms with van der Waals surface area (Å²) < 4.78 is 6.81. The number of carbonyl (C=O) groups excluding carboxylic acids is 1. The number of hydrogen-bond donors (Lipinski definition) is 2. The third-order valence-electron chi connectivity index (χ3n) is 3.58. The number of aryl methyl sites for hydroxylation is 2. The first-order valence-electron chi connectivity index (χ1n) is 7.55. The zero-order valence-electron chi connectivity index (χ0n) is 13.4. The van der Waals surface area contributed by atoms with Crippen molar-refractivity contribution in [2.75, 3.05) is 6.54 Å². The highest BCUT2D eigenvalue weighted by molar-refractivity contribution is 5.94. The number of benzene rings is 1. The minimum Gasteiger partial charge on any atom is -0.467 e. The monoisotopic (exact) mass is 326 g/mol. The van der Waals surface area contributed by atoms with E-state index in [2.05, 4.69) is 15.4 Å². The molecule has 24 heavy (non-hydrogen) atoms. The zero-order chi connectivity index (χ0) is 17.1. The molecule has 124 valence electrons. The fourth-order valence-electron chi connectivity index (χ4n) is 2.39. The molecular formula is C17H18N4O3. The van der Waals surface area contributed by atoms with Gasteiger partial charge in [0.1, 0.15) is 23.5 Å². The summed E-state index contributed by atoms with van der Waals surface area (Å²) in [4.78, 5) is 16.4. The summed E-state index contributed by atoms with van der Waals surface area (Å²) in [6, 6.07) is 10.4. The van der Waals surface area contributed by atoms with Gasteiger partial charge in [0.2, 0.25) is 0 Å². The predicted octanol–water partition coefficient (Wildman–Crippen LogP) is 1.94. The van der Waals surface area contributed by atoms with E-state index in [9.17, 15) is 9.90 Å². The van der Waals surface area contributed by atoms with Gasteiger partial charge in [0.05, 0.1) is 18.5 Å². The van der Waals surface area contributed by atoms with Gasteiger partial charge in [-0.3, -0.25) is 4.79 Å². The van der Waals surface area contributed by atoms with Crippen molar-refractivity contribution in [2.45, 2.75) is 20.0 Å². The molecule has 2 aromatic heterocycles. The van der Waals surface area contributed by atoms with Crippen LogP contribution in [0.3, 0.4) is 0 Å². The van der Waals surface area contributed by atoms with Crippen molar-refractivity contribution < 1.29 is 14.3 Å². The van der Waals surface area contributed by atoms with Gasteiger partial charge in [-0.1, -0.05) is 0 Å². The van der Waals surface area contributed by atoms with Crippen molar-refractivity contribution >= 4 is 5.91 Å². The van der Waals surface area contributed by atoms with Crippen LogP contribution < -0.4 is 5.32 Å². The molecule has 0 aliphatic carbocycles. The van der Waals surface area contributed by atoms with E-state index in [0.717, 1.165) is 11.5 Å². The first-order chi connectivity index (χ1) is 11.5. The van der Waals surface area contributed by atoms with Gasteiger partial charge in [-0.2, -0.15) is 5.10 Å². The molecule has 2 N–H and O–H groups in total. The topological polar surface area (TPSA) is 93.2 Å². The van der Waals surface area contributed by atoms with Crippen molar-refractivity contribution in [3.8, 4) is 5.69 Å². The summed E-state index contributed by atoms with van der Waals surface area (Å²) in [7, 11) is 0. The summed E-state index contributed by atoms with van der Waals surface area (Å²) >= 11 is 0. The molecule has 0 spiro atoms. The largest absolute Gasteiger partial charge is 0.467 e. The molecule has 0 saturated carbocycles. The highest BCUT2D eigenvalue weighted by Crippen LogP contribution is 2.13. The second-order valence-electron chi connectivity index (χ2n) is 5.41. The number of nitrogens with zero attached hydrogens (tertiary/aromatic N) is 3. The molecule has 2 heterocycles. The lowest BCUT2D eigenvalue weighted by atomic mass is 10.2. The second kappa shape index (κ2) is 6.67. The summed E-state index contributed by atoms with van der Waals surface area (Å²) in [6.07, 6.45) is 0.608. The third kappa shape index (κ3) is 3.36. The summed E-state index contributed by atoms with van der Waals surface area (Å²) in [5, 5.41) is 16.9. The molecule has 1 aromatic carbocycles. The Morgan fingerprint density at radius 2 is 2.04 bits per heavy atom. The Balaban J connectivity index is 1.65. The molecule has 1 amide bonds. The molecule has 3 rings (SSSR count). The van der Waals surface area contributed by atoms with E-state index >= 15 is 0 Å². The maximum atomic E-state index is 12.1. The van der Waals surface area contributed by atoms with Crippen LogP contribution in [0.25, 0.3) is 5.69 Å². The number of aliphatic hydroxyl groups excluding tert-OH is 1. The summed E-state index contributed by atoms with van der Waals surface area (Å²) in [5.41, 5.74) is 1.33. The predicted molar refractivity (Wildman–Crippen MR) is 86.8 cm³/mol. The van der Waals surface area contributed by atoms with E-state index in [0.29, 0.717) is 17.1 Å². The lowest BCUT2D eigenvalue weighted by molar-refractivity contribution is 0.0901. The molecule has 0 aliphatic heterocycles. The van der Waals surface area contributed by atoms with Gasteiger partial charge in [0, 0.05) is 5.56 Å². The molecular weight excluding hydrogens is 308 g/mol. The van der Waals surface area contributed by atoms with Gasteiger partial charge < -0.3 is 14.8 Å². The highest BCUT2D eigenvalue weighted by atomic mass is 16.4. The smallest absolute Gasteiger partial charge is 0.251 e. The van der Waals surface area contributed by atoms with E-state index in [1.54, 1.807) is 41.1 Å². The lowest BCUT2D eigenvalue weighted by Crippen LogP contribution is -2.28. The Morgan fingerprint density at radius 1 is 1.29 bits per heavy atom. The van der Waals surface area contributed by atoms with E-state index in [4.69, 9.17) is 4.42 Å². The molecule has 3 aromatic rings. The maximum Gasteiger partial charge on any atom is 0.251 e. The van der Waals surface area contributed by atoms with Crippen LogP contribution in [-0.2, 0) is 0 Å². The van der Waals surface area contributed by atoms with Crippen molar-refractivity contribution in [1.29, 1.82) is 0 Å². The maximum absolute atomic E-state index is 12.1. The molecule has 7 heteroatoms. The number of furan rings is 1. The Labute approximate surface area is 138 Å². The molecule has 0 fully saturated rings. The Hall–Kier alpha value is -2.93. The van der Waals surface area contributed by atoms with Gasteiger partial charge >= 0.3 is 0 Å². The average Bonchev–Trinajstić information content (AvgIpc) is 3.22. The molecule has 0 saturated heterocycles. The van der Waals surface area contributed by atoms with Crippen LogP contribution in [0.2, 0.25) is 0 Å². The van der Waals surface area contributed by atoms with E-state index < -0.39 is 6.10 Å². The Bertz CT molecular complexity index is 822. The molecule has 0 radical (unpaired) electrons. The van der Waals surface area contributed by atoms with Crippen LogP contribution in [0, 0.1) is 13.8 Å². The molecule has 1 atom stereocenters. The molecule has 7 nitrogen and oxygen atoms in total. The van der Waals surface area contributed by atoms with Crippen molar-refractivity contribution in [3.05, 3.63) is 65.6 Å². The van der Waals surface area contributed by atoms with Crippen molar-refractivity contribution in [3.63, 3.8) is 0 Å². The standard InChI is InChI=1S/C17H18N4O3/c1-11-19-12(2)21(20-11)14-7-5-13(6-8-14)17(23)18-10-15(22)16-4-3-9-24-16/h3-9,15,22H,10H2,1-2H3,(H,18,23). The second-order valence-corrected chi connectivity index (χ2v) is 5.41. The lowest BCUT2D eigenvalue weighted by Gasteiger charge is -2.10. The van der Waals surface area contributed by atoms with Gasteiger partial charge in [0.15, 0.2) is 0 Å². The van der Waals surface area contributed by atoms with Crippen LogP contribution in [0.1, 0.15) is 33.9 Å². The minimum absolute atomic E-state index is 0.0788. The summed E-state index contributed by atoms with van der Waals surface area (Å²) in [6.45, 7) is 3.78.